The number of hydrogen-bond acceptors (Lipinski definition) is 6. The van der Waals surface area contributed by atoms with Crippen LogP contribution >= 0.6 is 11.6 Å². The summed E-state index contributed by atoms with van der Waals surface area (Å²) < 4.78 is 5.70. The van der Waals surface area contributed by atoms with E-state index < -0.39 is 12.0 Å². The van der Waals surface area contributed by atoms with E-state index in [4.69, 9.17) is 21.6 Å². The van der Waals surface area contributed by atoms with Gasteiger partial charge >= 0.3 is 5.97 Å². The first-order valence-corrected chi connectivity index (χ1v) is 12.3. The maximum atomic E-state index is 11.7. The Labute approximate surface area is 220 Å². The molecule has 7 nitrogen and oxygen atoms in total. The summed E-state index contributed by atoms with van der Waals surface area (Å²) in [4.78, 5) is 18.0. The van der Waals surface area contributed by atoms with Gasteiger partial charge in [0.15, 0.2) is 6.61 Å². The van der Waals surface area contributed by atoms with Crippen LogP contribution in [0.1, 0.15) is 41.6 Å². The maximum absolute atomic E-state index is 11.7. The van der Waals surface area contributed by atoms with Crippen molar-refractivity contribution in [3.05, 3.63) is 82.1 Å². The lowest BCUT2D eigenvalue weighted by molar-refractivity contribution is -0.144. The van der Waals surface area contributed by atoms with Crippen molar-refractivity contribution >= 4 is 29.7 Å². The first-order valence-electron chi connectivity index (χ1n) is 11.9. The number of benzene rings is 2. The zero-order valence-electron chi connectivity index (χ0n) is 20.1. The van der Waals surface area contributed by atoms with Crippen LogP contribution in [0.3, 0.4) is 0 Å². The fraction of sp³-hybridized carbons (Fsp3) is 0.241. The van der Waals surface area contributed by atoms with Gasteiger partial charge in [0, 0.05) is 28.9 Å². The summed E-state index contributed by atoms with van der Waals surface area (Å²) in [5.74, 6) is -0.379. The molecule has 3 aromatic rings. The van der Waals surface area contributed by atoms with Crippen molar-refractivity contribution in [3.63, 3.8) is 0 Å². The van der Waals surface area contributed by atoms with E-state index in [9.17, 15) is 15.2 Å². The fourth-order valence-corrected chi connectivity index (χ4v) is 4.78. The molecule has 0 radical (unpaired) electrons. The van der Waals surface area contributed by atoms with E-state index in [2.05, 4.69) is 11.1 Å². The number of likely N-dealkylation sites (tertiary alicyclic amines) is 1. The van der Waals surface area contributed by atoms with Crippen LogP contribution in [-0.4, -0.2) is 40.2 Å². The van der Waals surface area contributed by atoms with Crippen LogP contribution in [0.15, 0.2) is 54.7 Å². The molecule has 1 aromatic heterocycles. The van der Waals surface area contributed by atoms with Gasteiger partial charge in [0.2, 0.25) is 0 Å². The van der Waals surface area contributed by atoms with Crippen LogP contribution in [0.5, 0.6) is 5.75 Å². The van der Waals surface area contributed by atoms with Gasteiger partial charge in [-0.05, 0) is 54.8 Å². The summed E-state index contributed by atoms with van der Waals surface area (Å²) >= 11 is 6.63. The second-order valence-electron chi connectivity index (χ2n) is 8.68. The predicted molar refractivity (Wildman–Crippen MR) is 142 cm³/mol. The van der Waals surface area contributed by atoms with Crippen LogP contribution in [0.2, 0.25) is 5.02 Å². The minimum absolute atomic E-state index is 0.153. The summed E-state index contributed by atoms with van der Waals surface area (Å²) in [5, 5.41) is 29.0. The Hall–Kier alpha value is -4.17. The van der Waals surface area contributed by atoms with Gasteiger partial charge in [0.25, 0.3) is 0 Å². The van der Waals surface area contributed by atoms with Gasteiger partial charge in [-0.15, -0.1) is 0 Å². The monoisotopic (exact) mass is 512 g/mol. The maximum Gasteiger partial charge on any atom is 0.320 e. The predicted octanol–water partition coefficient (Wildman–Crippen LogP) is 5.79. The molecule has 1 aliphatic rings. The lowest BCUT2D eigenvalue weighted by Gasteiger charge is -2.33. The Morgan fingerprint density at radius 1 is 1.19 bits per heavy atom. The van der Waals surface area contributed by atoms with Crippen molar-refractivity contribution in [1.29, 1.82) is 10.5 Å². The minimum Gasteiger partial charge on any atom is -0.480 e. The number of ether oxygens (including phenoxy) is 1. The number of nitriles is 2. The topological polar surface area (TPSA) is 110 Å². The fourth-order valence-electron chi connectivity index (χ4n) is 4.53. The molecule has 37 heavy (non-hydrogen) atoms. The Morgan fingerprint density at radius 2 is 2.00 bits per heavy atom. The summed E-state index contributed by atoms with van der Waals surface area (Å²) in [6.07, 6.45) is 7.53. The molecule has 1 aliphatic heterocycles. The highest BCUT2D eigenvalue weighted by Crippen LogP contribution is 2.32. The number of rotatable bonds is 8. The van der Waals surface area contributed by atoms with Crippen LogP contribution in [-0.2, 0) is 11.3 Å². The molecule has 2 heterocycles. The number of aromatic nitrogens is 1. The summed E-state index contributed by atoms with van der Waals surface area (Å²) in [6.45, 7) is 0.856. The molecular weight excluding hydrogens is 488 g/mol. The van der Waals surface area contributed by atoms with Crippen molar-refractivity contribution in [1.82, 2.24) is 9.88 Å². The molecule has 4 rings (SSSR count). The number of aliphatic carboxylic acids is 1. The molecule has 186 valence electrons. The molecule has 0 spiro atoms. The average molecular weight is 513 g/mol. The Kier molecular flexibility index (Phi) is 8.53. The molecule has 8 heteroatoms. The van der Waals surface area contributed by atoms with E-state index in [1.54, 1.807) is 30.5 Å². The van der Waals surface area contributed by atoms with Crippen LogP contribution in [0.25, 0.3) is 23.3 Å². The highest BCUT2D eigenvalue weighted by molar-refractivity contribution is 6.32. The van der Waals surface area contributed by atoms with Crippen molar-refractivity contribution in [2.24, 2.45) is 0 Å². The Morgan fingerprint density at radius 3 is 2.73 bits per heavy atom. The SMILES string of the molecule is N#CCOc1cc(/C=C/c2nccc(-c3ccccc3)c2C#N)c(Cl)cc1CN1CCCC[C@H]1C(=O)O. The third kappa shape index (κ3) is 6.16. The number of carboxylic acids is 1. The molecule has 1 atom stereocenters. The molecule has 0 amide bonds. The first kappa shape index (κ1) is 25.9. The largest absolute Gasteiger partial charge is 0.480 e. The second-order valence-corrected chi connectivity index (χ2v) is 9.09. The molecule has 1 fully saturated rings. The molecule has 0 unspecified atom stereocenters. The third-order valence-electron chi connectivity index (χ3n) is 6.34. The van der Waals surface area contributed by atoms with Gasteiger partial charge in [-0.1, -0.05) is 54.4 Å². The van der Waals surface area contributed by atoms with Crippen molar-refractivity contribution < 1.29 is 14.6 Å². The molecule has 1 N–H and O–H groups in total. The summed E-state index contributed by atoms with van der Waals surface area (Å²) in [7, 11) is 0. The van der Waals surface area contributed by atoms with Gasteiger partial charge in [-0.3, -0.25) is 14.7 Å². The summed E-state index contributed by atoms with van der Waals surface area (Å²) in [5.41, 5.74) is 3.99. The van der Waals surface area contributed by atoms with E-state index in [1.807, 2.05) is 47.4 Å². The number of nitrogens with zero attached hydrogens (tertiary/aromatic N) is 4. The lowest BCUT2D eigenvalue weighted by atomic mass is 9.99. The third-order valence-corrected chi connectivity index (χ3v) is 6.67. The molecule has 0 saturated carbocycles. The van der Waals surface area contributed by atoms with E-state index in [1.165, 1.54) is 0 Å². The van der Waals surface area contributed by atoms with E-state index in [0.29, 0.717) is 52.7 Å². The Bertz CT molecular complexity index is 1390. The molecule has 2 aromatic carbocycles. The van der Waals surface area contributed by atoms with Crippen molar-refractivity contribution in [3.8, 4) is 29.0 Å². The molecule has 1 saturated heterocycles. The first-order chi connectivity index (χ1) is 18.0. The van der Waals surface area contributed by atoms with E-state index >= 15 is 0 Å². The second kappa shape index (κ2) is 12.2. The standard InChI is InChI=1S/C29H25ClN4O3/c30-25-16-22(19-34-14-5-4-8-27(34)29(35)36)28(37-15-12-31)17-21(25)9-10-26-24(18-32)23(11-13-33-26)20-6-2-1-3-7-20/h1-3,6-7,9-11,13,16-17,27H,4-5,8,14-15,19H2,(H,35,36)/b10-9+/t27-/m0/s1. The molecule has 0 bridgehead atoms. The van der Waals surface area contributed by atoms with Crippen LogP contribution < -0.4 is 4.74 Å². The average Bonchev–Trinajstić information content (AvgIpc) is 2.92. The zero-order chi connectivity index (χ0) is 26.2. The van der Waals surface area contributed by atoms with Gasteiger partial charge in [-0.2, -0.15) is 10.5 Å². The van der Waals surface area contributed by atoms with Gasteiger partial charge in [0.1, 0.15) is 23.9 Å². The van der Waals surface area contributed by atoms with Crippen LogP contribution in [0.4, 0.5) is 0 Å². The quantitative estimate of drug-likeness (QED) is 0.407. The van der Waals surface area contributed by atoms with E-state index in [-0.39, 0.29) is 6.61 Å². The van der Waals surface area contributed by atoms with Crippen molar-refractivity contribution in [2.45, 2.75) is 31.8 Å². The summed E-state index contributed by atoms with van der Waals surface area (Å²) in [6, 6.07) is 18.6. The van der Waals surface area contributed by atoms with Gasteiger partial charge < -0.3 is 9.84 Å². The Balaban J connectivity index is 1.66. The lowest BCUT2D eigenvalue weighted by Crippen LogP contribution is -2.44. The van der Waals surface area contributed by atoms with Gasteiger partial charge in [-0.25, -0.2) is 0 Å². The number of hydrogen-bond donors (Lipinski definition) is 1. The minimum atomic E-state index is -0.844. The number of piperidine rings is 1. The number of carbonyl (C=O) groups is 1. The highest BCUT2D eigenvalue weighted by atomic mass is 35.5. The van der Waals surface area contributed by atoms with Crippen molar-refractivity contribution in [2.75, 3.05) is 13.2 Å². The number of carboxylic acid groups (broad SMARTS) is 1. The number of pyridine rings is 1. The van der Waals surface area contributed by atoms with Gasteiger partial charge in [0.05, 0.1) is 11.3 Å². The highest BCUT2D eigenvalue weighted by Gasteiger charge is 2.29. The molecular formula is C29H25ClN4O3. The zero-order valence-corrected chi connectivity index (χ0v) is 20.9. The van der Waals surface area contributed by atoms with E-state index in [0.717, 1.165) is 24.0 Å². The number of halogens is 1. The smallest absolute Gasteiger partial charge is 0.320 e. The molecule has 0 aliphatic carbocycles. The normalized spacial score (nSPS) is 15.7. The van der Waals surface area contributed by atoms with Crippen LogP contribution in [0, 0.1) is 22.7 Å².